The molecular formula is C20H33N3O5S2. The lowest BCUT2D eigenvalue weighted by atomic mass is 9.86. The number of amides is 1. The van der Waals surface area contributed by atoms with E-state index in [9.17, 15) is 21.6 Å². The summed E-state index contributed by atoms with van der Waals surface area (Å²) < 4.78 is 53.7. The van der Waals surface area contributed by atoms with E-state index in [0.717, 1.165) is 0 Å². The molecule has 30 heavy (non-hydrogen) atoms. The van der Waals surface area contributed by atoms with Crippen LogP contribution in [0.25, 0.3) is 0 Å². The Labute approximate surface area is 180 Å². The van der Waals surface area contributed by atoms with Crippen LogP contribution in [-0.2, 0) is 24.8 Å². The van der Waals surface area contributed by atoms with Crippen molar-refractivity contribution in [1.29, 1.82) is 0 Å². The minimum atomic E-state index is -3.65. The third-order valence-corrected chi connectivity index (χ3v) is 8.94. The summed E-state index contributed by atoms with van der Waals surface area (Å²) in [5, 5.41) is 2.79. The first-order valence-electron chi connectivity index (χ1n) is 10.2. The van der Waals surface area contributed by atoms with Crippen LogP contribution in [0.1, 0.15) is 60.3 Å². The smallest absolute Gasteiger partial charge is 0.240 e. The molecule has 1 aromatic rings. The van der Waals surface area contributed by atoms with Gasteiger partial charge in [-0.25, -0.2) is 26.3 Å². The predicted octanol–water partition coefficient (Wildman–Crippen LogP) is 2.59. The van der Waals surface area contributed by atoms with Crippen molar-refractivity contribution in [2.45, 2.75) is 82.0 Å². The van der Waals surface area contributed by atoms with Crippen molar-refractivity contribution in [1.82, 2.24) is 9.44 Å². The molecule has 0 bridgehead atoms. The minimum absolute atomic E-state index is 0.0919. The number of hydrogen-bond donors (Lipinski definition) is 3. The van der Waals surface area contributed by atoms with Crippen LogP contribution in [0.2, 0.25) is 0 Å². The van der Waals surface area contributed by atoms with E-state index in [4.69, 9.17) is 0 Å². The van der Waals surface area contributed by atoms with Crippen molar-refractivity contribution in [3.05, 3.63) is 24.3 Å². The van der Waals surface area contributed by atoms with Gasteiger partial charge in [0.25, 0.3) is 0 Å². The summed E-state index contributed by atoms with van der Waals surface area (Å²) >= 11 is 0. The lowest BCUT2D eigenvalue weighted by Gasteiger charge is -2.30. The van der Waals surface area contributed by atoms with Crippen LogP contribution in [0.15, 0.2) is 29.2 Å². The third kappa shape index (κ3) is 6.50. The van der Waals surface area contributed by atoms with Crippen LogP contribution in [0.5, 0.6) is 0 Å². The topological polar surface area (TPSA) is 121 Å². The molecule has 0 spiro atoms. The van der Waals surface area contributed by atoms with Gasteiger partial charge in [0.2, 0.25) is 26.0 Å². The maximum absolute atomic E-state index is 12.6. The molecular weight excluding hydrogens is 426 g/mol. The van der Waals surface area contributed by atoms with Gasteiger partial charge >= 0.3 is 0 Å². The van der Waals surface area contributed by atoms with Crippen LogP contribution in [-0.4, -0.2) is 39.6 Å². The summed E-state index contributed by atoms with van der Waals surface area (Å²) in [4.78, 5) is 12.7. The summed E-state index contributed by atoms with van der Waals surface area (Å²) in [5.41, 5.74) is 0.419. The molecule has 0 radical (unpaired) electrons. The second-order valence-corrected chi connectivity index (χ2v) is 13.3. The Balaban J connectivity index is 1.97. The highest BCUT2D eigenvalue weighted by Crippen LogP contribution is 2.27. The molecule has 10 heteroatoms. The van der Waals surface area contributed by atoms with E-state index in [-0.39, 0.29) is 28.8 Å². The Morgan fingerprint density at radius 3 is 2.17 bits per heavy atom. The van der Waals surface area contributed by atoms with Crippen molar-refractivity contribution in [2.75, 3.05) is 5.32 Å². The number of carbonyl (C=O) groups is 1. The van der Waals surface area contributed by atoms with E-state index in [1.165, 1.54) is 12.1 Å². The van der Waals surface area contributed by atoms with E-state index < -0.39 is 24.8 Å². The first-order valence-corrected chi connectivity index (χ1v) is 13.1. The molecule has 0 aliphatic heterocycles. The quantitative estimate of drug-likeness (QED) is 0.579. The summed E-state index contributed by atoms with van der Waals surface area (Å²) in [7, 11) is -7.07. The van der Waals surface area contributed by atoms with Gasteiger partial charge in [-0.1, -0.05) is 6.07 Å². The lowest BCUT2D eigenvalue weighted by molar-refractivity contribution is -0.120. The predicted molar refractivity (Wildman–Crippen MR) is 118 cm³/mol. The van der Waals surface area contributed by atoms with Gasteiger partial charge < -0.3 is 5.32 Å². The van der Waals surface area contributed by atoms with Crippen LogP contribution in [0.4, 0.5) is 5.69 Å². The Bertz CT molecular complexity index is 958. The molecule has 170 valence electrons. The van der Waals surface area contributed by atoms with E-state index in [1.54, 1.807) is 46.8 Å². The summed E-state index contributed by atoms with van der Waals surface area (Å²) in [6, 6.07) is 5.74. The molecule has 1 aliphatic carbocycles. The SMILES string of the molecule is CC(C)NS(=O)(=O)c1cccc(NC(=O)C2CCC(NS(=O)(=O)C(C)(C)C)CC2)c1. The van der Waals surface area contributed by atoms with Crippen LogP contribution in [0, 0.1) is 5.92 Å². The molecule has 8 nitrogen and oxygen atoms in total. The van der Waals surface area contributed by atoms with Gasteiger partial charge in [-0.2, -0.15) is 0 Å². The first kappa shape index (κ1) is 24.8. The average molecular weight is 460 g/mol. The fourth-order valence-corrected chi connectivity index (χ4v) is 5.56. The number of hydrogen-bond acceptors (Lipinski definition) is 5. The van der Waals surface area contributed by atoms with Gasteiger partial charge in [0.05, 0.1) is 9.64 Å². The molecule has 1 aromatic carbocycles. The normalized spacial score (nSPS) is 20.9. The van der Waals surface area contributed by atoms with Gasteiger partial charge in [-0.05, 0) is 78.5 Å². The van der Waals surface area contributed by atoms with Crippen LogP contribution >= 0.6 is 0 Å². The van der Waals surface area contributed by atoms with Gasteiger partial charge in [-0.3, -0.25) is 4.79 Å². The molecule has 3 N–H and O–H groups in total. The molecule has 1 saturated carbocycles. The second kappa shape index (κ2) is 9.33. The highest BCUT2D eigenvalue weighted by atomic mass is 32.2. The number of anilines is 1. The number of rotatable bonds is 7. The highest BCUT2D eigenvalue weighted by molar-refractivity contribution is 7.90. The second-order valence-electron chi connectivity index (χ2n) is 9.08. The summed E-state index contributed by atoms with van der Waals surface area (Å²) in [5.74, 6) is -0.423. The maximum atomic E-state index is 12.6. The van der Waals surface area contributed by atoms with E-state index in [2.05, 4.69) is 14.8 Å². The number of nitrogens with one attached hydrogen (secondary N) is 3. The van der Waals surface area contributed by atoms with Crippen LogP contribution < -0.4 is 14.8 Å². The Hall–Kier alpha value is -1.49. The van der Waals surface area contributed by atoms with Crippen molar-refractivity contribution in [3.8, 4) is 0 Å². The van der Waals surface area contributed by atoms with Gasteiger partial charge in [0.1, 0.15) is 0 Å². The minimum Gasteiger partial charge on any atom is -0.326 e. The van der Waals surface area contributed by atoms with Gasteiger partial charge in [-0.15, -0.1) is 0 Å². The van der Waals surface area contributed by atoms with Crippen molar-refractivity contribution in [3.63, 3.8) is 0 Å². The van der Waals surface area contributed by atoms with Crippen molar-refractivity contribution >= 4 is 31.6 Å². The fraction of sp³-hybridized carbons (Fsp3) is 0.650. The molecule has 1 amide bonds. The standard InChI is InChI=1S/C20H33N3O5S2/c1-14(2)22-29(25,26)18-8-6-7-17(13-18)21-19(24)15-9-11-16(12-10-15)23-30(27,28)20(3,4)5/h6-8,13-16,22-23H,9-12H2,1-5H3,(H,21,24). The molecule has 0 atom stereocenters. The average Bonchev–Trinajstić information content (AvgIpc) is 2.60. The monoisotopic (exact) mass is 459 g/mol. The molecule has 0 heterocycles. The van der Waals surface area contributed by atoms with Gasteiger partial charge in [0.15, 0.2) is 0 Å². The summed E-state index contributed by atoms with van der Waals surface area (Å²) in [6.07, 6.45) is 2.30. The number of carbonyl (C=O) groups excluding carboxylic acids is 1. The first-order chi connectivity index (χ1) is 13.7. The zero-order chi connectivity index (χ0) is 22.7. The third-order valence-electron chi connectivity index (χ3n) is 5.03. The van der Waals surface area contributed by atoms with Gasteiger partial charge in [0, 0.05) is 23.7 Å². The van der Waals surface area contributed by atoms with Crippen molar-refractivity contribution < 1.29 is 21.6 Å². The maximum Gasteiger partial charge on any atom is 0.240 e. The van der Waals surface area contributed by atoms with E-state index in [1.807, 2.05) is 0 Å². The van der Waals surface area contributed by atoms with E-state index in [0.29, 0.717) is 31.4 Å². The molecule has 1 aliphatic rings. The molecule has 0 unspecified atom stereocenters. The zero-order valence-corrected chi connectivity index (χ0v) is 19.9. The fourth-order valence-electron chi connectivity index (χ4n) is 3.23. The zero-order valence-electron chi connectivity index (χ0n) is 18.2. The molecule has 2 rings (SSSR count). The highest BCUT2D eigenvalue weighted by Gasteiger charge is 2.34. The Kier molecular flexibility index (Phi) is 7.71. The Morgan fingerprint density at radius 2 is 1.63 bits per heavy atom. The van der Waals surface area contributed by atoms with Crippen LogP contribution in [0.3, 0.4) is 0 Å². The Morgan fingerprint density at radius 1 is 1.03 bits per heavy atom. The number of benzene rings is 1. The number of sulfonamides is 2. The largest absolute Gasteiger partial charge is 0.326 e. The lowest BCUT2D eigenvalue weighted by Crippen LogP contribution is -2.46. The molecule has 0 aromatic heterocycles. The molecule has 0 saturated heterocycles. The van der Waals surface area contributed by atoms with Crippen molar-refractivity contribution in [2.24, 2.45) is 5.92 Å². The van der Waals surface area contributed by atoms with E-state index >= 15 is 0 Å². The molecule has 1 fully saturated rings. The summed E-state index contributed by atoms with van der Waals surface area (Å²) in [6.45, 7) is 8.43.